The lowest BCUT2D eigenvalue weighted by atomic mass is 9.74. The highest BCUT2D eigenvalue weighted by Crippen LogP contribution is 2.43. The molecule has 2 aliphatic rings. The molecule has 1 amide bonds. The fourth-order valence-corrected chi connectivity index (χ4v) is 3.43. The van der Waals surface area contributed by atoms with Crippen LogP contribution in [0, 0.1) is 11.3 Å². The maximum Gasteiger partial charge on any atom is 0.312 e. The fraction of sp³-hybridized carbons (Fsp3) is 0.500. The van der Waals surface area contributed by atoms with Crippen molar-refractivity contribution < 1.29 is 24.2 Å². The zero-order valence-electron chi connectivity index (χ0n) is 12.4. The molecule has 0 saturated carbocycles. The molecule has 0 spiro atoms. The molecular formula is C16H19NO5. The van der Waals surface area contributed by atoms with Gasteiger partial charge in [0.25, 0.3) is 0 Å². The van der Waals surface area contributed by atoms with Crippen LogP contribution in [0.15, 0.2) is 24.3 Å². The van der Waals surface area contributed by atoms with Crippen LogP contribution in [0.2, 0.25) is 0 Å². The highest BCUT2D eigenvalue weighted by atomic mass is 16.5. The van der Waals surface area contributed by atoms with Crippen LogP contribution in [0.5, 0.6) is 5.75 Å². The third kappa shape index (κ3) is 2.33. The predicted octanol–water partition coefficient (Wildman–Crippen LogP) is 0.797. The Morgan fingerprint density at radius 1 is 1.45 bits per heavy atom. The van der Waals surface area contributed by atoms with Crippen molar-refractivity contribution in [3.8, 4) is 5.75 Å². The molecule has 0 unspecified atom stereocenters. The lowest BCUT2D eigenvalue weighted by Crippen LogP contribution is -2.42. The van der Waals surface area contributed by atoms with E-state index in [9.17, 15) is 14.7 Å². The number of ether oxygens (including phenoxy) is 2. The molecule has 3 rings (SSSR count). The van der Waals surface area contributed by atoms with Crippen LogP contribution in [0.3, 0.4) is 0 Å². The Labute approximate surface area is 128 Å². The number of carboxylic acids is 1. The Hall–Kier alpha value is -2.08. The molecule has 1 aromatic carbocycles. The molecule has 118 valence electrons. The fourth-order valence-electron chi connectivity index (χ4n) is 3.43. The monoisotopic (exact) mass is 305 g/mol. The molecule has 0 aromatic heterocycles. The number of hydrogen-bond donors (Lipinski definition) is 1. The SMILES string of the molecule is COCC(=O)N1C[C@@H]2COc3ccccc3C[C@]2(C(=O)O)C1. The second-order valence-electron chi connectivity index (χ2n) is 5.96. The van der Waals surface area contributed by atoms with Crippen LogP contribution in [0.25, 0.3) is 0 Å². The van der Waals surface area contributed by atoms with Crippen molar-refractivity contribution in [2.75, 3.05) is 33.4 Å². The van der Waals surface area contributed by atoms with Crippen molar-refractivity contribution in [2.24, 2.45) is 11.3 Å². The first-order valence-electron chi connectivity index (χ1n) is 7.27. The molecule has 2 heterocycles. The van der Waals surface area contributed by atoms with E-state index >= 15 is 0 Å². The van der Waals surface area contributed by atoms with Gasteiger partial charge in [0.2, 0.25) is 5.91 Å². The second-order valence-corrected chi connectivity index (χ2v) is 5.96. The van der Waals surface area contributed by atoms with Crippen molar-refractivity contribution in [3.05, 3.63) is 29.8 Å². The number of nitrogens with zero attached hydrogens (tertiary/aromatic N) is 1. The summed E-state index contributed by atoms with van der Waals surface area (Å²) in [6.45, 7) is 0.870. The Bertz CT molecular complexity index is 602. The summed E-state index contributed by atoms with van der Waals surface area (Å²) in [4.78, 5) is 25.7. The number of carbonyl (C=O) groups excluding carboxylic acids is 1. The maximum absolute atomic E-state index is 12.1. The lowest BCUT2D eigenvalue weighted by Gasteiger charge is -2.27. The number of amides is 1. The van der Waals surface area contributed by atoms with Gasteiger partial charge < -0.3 is 19.5 Å². The number of rotatable bonds is 3. The lowest BCUT2D eigenvalue weighted by molar-refractivity contribution is -0.151. The summed E-state index contributed by atoms with van der Waals surface area (Å²) >= 11 is 0. The molecule has 1 N–H and O–H groups in total. The van der Waals surface area contributed by atoms with Crippen molar-refractivity contribution in [2.45, 2.75) is 6.42 Å². The van der Waals surface area contributed by atoms with Gasteiger partial charge in [0, 0.05) is 26.1 Å². The largest absolute Gasteiger partial charge is 0.493 e. The van der Waals surface area contributed by atoms with Gasteiger partial charge in [-0.05, 0) is 18.1 Å². The van der Waals surface area contributed by atoms with Gasteiger partial charge in [-0.15, -0.1) is 0 Å². The van der Waals surface area contributed by atoms with E-state index in [-0.39, 0.29) is 25.0 Å². The molecule has 6 nitrogen and oxygen atoms in total. The Morgan fingerprint density at radius 2 is 2.23 bits per heavy atom. The number of carboxylic acid groups (broad SMARTS) is 1. The summed E-state index contributed by atoms with van der Waals surface area (Å²) in [6.07, 6.45) is 0.375. The number of hydrogen-bond acceptors (Lipinski definition) is 4. The molecule has 22 heavy (non-hydrogen) atoms. The smallest absolute Gasteiger partial charge is 0.312 e. The van der Waals surface area contributed by atoms with Gasteiger partial charge in [-0.1, -0.05) is 18.2 Å². The number of aliphatic carboxylic acids is 1. The highest BCUT2D eigenvalue weighted by molar-refractivity contribution is 5.82. The number of likely N-dealkylation sites (tertiary alicyclic amines) is 1. The first-order valence-corrected chi connectivity index (χ1v) is 7.27. The van der Waals surface area contributed by atoms with Gasteiger partial charge in [-0.25, -0.2) is 0 Å². The summed E-state index contributed by atoms with van der Waals surface area (Å²) in [7, 11) is 1.46. The molecule has 0 bridgehead atoms. The molecule has 1 aromatic rings. The maximum atomic E-state index is 12.1. The van der Waals surface area contributed by atoms with Crippen LogP contribution in [-0.2, 0) is 20.7 Å². The molecular weight excluding hydrogens is 286 g/mol. The summed E-state index contributed by atoms with van der Waals surface area (Å²) in [5, 5.41) is 9.85. The molecule has 1 fully saturated rings. The Morgan fingerprint density at radius 3 is 2.95 bits per heavy atom. The molecule has 0 radical (unpaired) electrons. The number of fused-ring (bicyclic) bond motifs is 2. The number of benzene rings is 1. The molecule has 2 atom stereocenters. The van der Waals surface area contributed by atoms with E-state index in [1.807, 2.05) is 24.3 Å². The third-order valence-corrected chi connectivity index (χ3v) is 4.66. The standard InChI is InChI=1S/C16H19NO5/c1-21-9-14(18)17-7-12-8-22-13-5-3-2-4-11(13)6-16(12,10-17)15(19)20/h2-5,12H,6-10H2,1H3,(H,19,20)/t12-,16+/m1/s1. The minimum atomic E-state index is -0.990. The van der Waals surface area contributed by atoms with Gasteiger partial charge in [0.15, 0.2) is 0 Å². The van der Waals surface area contributed by atoms with Crippen LogP contribution in [0.1, 0.15) is 5.56 Å². The zero-order valence-corrected chi connectivity index (χ0v) is 12.4. The zero-order chi connectivity index (χ0) is 15.7. The second kappa shape index (κ2) is 5.61. The topological polar surface area (TPSA) is 76.1 Å². The first-order chi connectivity index (χ1) is 10.6. The van der Waals surface area contributed by atoms with Gasteiger partial charge >= 0.3 is 5.97 Å². The number of carbonyl (C=O) groups is 2. The van der Waals surface area contributed by atoms with Gasteiger partial charge in [-0.3, -0.25) is 9.59 Å². The average Bonchev–Trinajstić information content (AvgIpc) is 2.79. The van der Waals surface area contributed by atoms with E-state index in [0.29, 0.717) is 19.6 Å². The predicted molar refractivity (Wildman–Crippen MR) is 77.7 cm³/mol. The van der Waals surface area contributed by atoms with Gasteiger partial charge in [0.05, 0.1) is 12.0 Å². The van der Waals surface area contributed by atoms with E-state index in [1.54, 1.807) is 4.90 Å². The van der Waals surface area contributed by atoms with Crippen molar-refractivity contribution in [1.29, 1.82) is 0 Å². The molecule has 0 aliphatic carbocycles. The van der Waals surface area contributed by atoms with Crippen LogP contribution >= 0.6 is 0 Å². The highest BCUT2D eigenvalue weighted by Gasteiger charge is 2.55. The molecule has 1 saturated heterocycles. The van der Waals surface area contributed by atoms with E-state index in [4.69, 9.17) is 9.47 Å². The summed E-state index contributed by atoms with van der Waals surface area (Å²) in [5.74, 6) is -0.527. The quantitative estimate of drug-likeness (QED) is 0.894. The summed E-state index contributed by atoms with van der Waals surface area (Å²) in [5.41, 5.74) is -0.107. The van der Waals surface area contributed by atoms with Gasteiger partial charge in [-0.2, -0.15) is 0 Å². The van der Waals surface area contributed by atoms with Crippen molar-refractivity contribution in [1.82, 2.24) is 4.90 Å². The van der Waals surface area contributed by atoms with E-state index < -0.39 is 11.4 Å². The van der Waals surface area contributed by atoms with E-state index in [1.165, 1.54) is 7.11 Å². The Kier molecular flexibility index (Phi) is 3.78. The minimum Gasteiger partial charge on any atom is -0.493 e. The first kappa shape index (κ1) is 14.8. The Balaban J connectivity index is 1.93. The van der Waals surface area contributed by atoms with E-state index in [2.05, 4.69) is 0 Å². The van der Waals surface area contributed by atoms with Gasteiger partial charge in [0.1, 0.15) is 12.4 Å². The molecule has 2 aliphatic heterocycles. The molecule has 6 heteroatoms. The number of methoxy groups -OCH3 is 1. The normalized spacial score (nSPS) is 26.6. The minimum absolute atomic E-state index is 0.0279. The summed E-state index contributed by atoms with van der Waals surface area (Å²) in [6, 6.07) is 7.50. The van der Waals surface area contributed by atoms with Crippen molar-refractivity contribution >= 4 is 11.9 Å². The van der Waals surface area contributed by atoms with Crippen LogP contribution in [0.4, 0.5) is 0 Å². The summed E-state index contributed by atoms with van der Waals surface area (Å²) < 4.78 is 10.7. The van der Waals surface area contributed by atoms with Crippen molar-refractivity contribution in [3.63, 3.8) is 0 Å². The van der Waals surface area contributed by atoms with Crippen LogP contribution in [-0.4, -0.2) is 55.3 Å². The third-order valence-electron chi connectivity index (χ3n) is 4.66. The van der Waals surface area contributed by atoms with Crippen LogP contribution < -0.4 is 4.74 Å². The van der Waals surface area contributed by atoms with E-state index in [0.717, 1.165) is 11.3 Å². The number of para-hydroxylation sites is 1. The average molecular weight is 305 g/mol.